The number of hydrogen-bond acceptors (Lipinski definition) is 3. The van der Waals surface area contributed by atoms with Crippen molar-refractivity contribution in [2.45, 2.75) is 6.92 Å². The first kappa shape index (κ1) is 7.28. The first-order valence-corrected chi connectivity index (χ1v) is 3.15. The van der Waals surface area contributed by atoms with Crippen molar-refractivity contribution in [3.8, 4) is 5.88 Å². The quantitative estimate of drug-likeness (QED) is 0.581. The second-order valence-electron chi connectivity index (χ2n) is 1.83. The molecule has 3 nitrogen and oxygen atoms in total. The molecular weight excluding hydrogens is 152 g/mol. The van der Waals surface area contributed by atoms with E-state index in [4.69, 9.17) is 16.3 Å². The van der Waals surface area contributed by atoms with Gasteiger partial charge in [-0.3, -0.25) is 0 Å². The molecule has 0 N–H and O–H groups in total. The molecule has 1 aromatic heterocycles. The van der Waals surface area contributed by atoms with Crippen LogP contribution >= 0.6 is 11.6 Å². The van der Waals surface area contributed by atoms with Gasteiger partial charge in [0.15, 0.2) is 0 Å². The molecule has 0 atom stereocenters. The lowest BCUT2D eigenvalue weighted by molar-refractivity contribution is 0.393. The summed E-state index contributed by atoms with van der Waals surface area (Å²) in [5.74, 6) is 0.528. The lowest BCUT2D eigenvalue weighted by Gasteiger charge is -2.00. The first-order chi connectivity index (χ1) is 4.74. The number of aromatic nitrogens is 2. The highest BCUT2D eigenvalue weighted by Gasteiger charge is 1.99. The van der Waals surface area contributed by atoms with Gasteiger partial charge in [-0.1, -0.05) is 0 Å². The summed E-state index contributed by atoms with van der Waals surface area (Å²) in [6.45, 7) is 1.86. The summed E-state index contributed by atoms with van der Waals surface area (Å²) >= 11 is 5.49. The third kappa shape index (κ3) is 1.36. The highest BCUT2D eigenvalue weighted by atomic mass is 35.5. The molecule has 4 heteroatoms. The normalized spacial score (nSPS) is 9.50. The predicted molar refractivity (Wildman–Crippen MR) is 38.3 cm³/mol. The molecule has 10 heavy (non-hydrogen) atoms. The van der Waals surface area contributed by atoms with E-state index in [1.54, 1.807) is 13.3 Å². The number of aryl methyl sites for hydroxylation is 1. The molecule has 0 aliphatic carbocycles. The van der Waals surface area contributed by atoms with E-state index in [2.05, 4.69) is 9.97 Å². The van der Waals surface area contributed by atoms with E-state index in [-0.39, 0.29) is 5.28 Å². The van der Waals surface area contributed by atoms with Crippen LogP contribution in [0.2, 0.25) is 5.28 Å². The van der Waals surface area contributed by atoms with E-state index in [9.17, 15) is 0 Å². The molecule has 1 aromatic rings. The van der Waals surface area contributed by atoms with Crippen LogP contribution in [0.25, 0.3) is 0 Å². The van der Waals surface area contributed by atoms with Crippen LogP contribution in [0.5, 0.6) is 5.88 Å². The van der Waals surface area contributed by atoms with Gasteiger partial charge in [0.05, 0.1) is 7.11 Å². The van der Waals surface area contributed by atoms with Crippen molar-refractivity contribution in [3.63, 3.8) is 0 Å². The SMILES string of the molecule is COc1nc(Cl)ncc1C. The van der Waals surface area contributed by atoms with Crippen molar-refractivity contribution in [2.75, 3.05) is 7.11 Å². The average molecular weight is 159 g/mol. The summed E-state index contributed by atoms with van der Waals surface area (Å²) < 4.78 is 4.89. The number of rotatable bonds is 1. The zero-order valence-corrected chi connectivity index (χ0v) is 6.51. The summed E-state index contributed by atoms with van der Waals surface area (Å²) in [4.78, 5) is 7.58. The van der Waals surface area contributed by atoms with E-state index in [1.807, 2.05) is 6.92 Å². The number of nitrogens with zero attached hydrogens (tertiary/aromatic N) is 2. The monoisotopic (exact) mass is 158 g/mol. The van der Waals surface area contributed by atoms with Crippen LogP contribution in [0.1, 0.15) is 5.56 Å². The highest BCUT2D eigenvalue weighted by Crippen LogP contribution is 2.13. The molecule has 0 saturated carbocycles. The third-order valence-corrected chi connectivity index (χ3v) is 1.27. The van der Waals surface area contributed by atoms with Gasteiger partial charge in [-0.2, -0.15) is 4.98 Å². The fourth-order valence-corrected chi connectivity index (χ4v) is 0.738. The zero-order chi connectivity index (χ0) is 7.56. The Balaban J connectivity index is 3.09. The number of ether oxygens (including phenoxy) is 1. The van der Waals surface area contributed by atoms with Crippen molar-refractivity contribution in [2.24, 2.45) is 0 Å². The van der Waals surface area contributed by atoms with Gasteiger partial charge in [0, 0.05) is 11.8 Å². The topological polar surface area (TPSA) is 35.0 Å². The number of halogens is 1. The van der Waals surface area contributed by atoms with Crippen LogP contribution in [0.15, 0.2) is 6.20 Å². The Bertz CT molecular complexity index is 239. The minimum atomic E-state index is 0.211. The minimum absolute atomic E-state index is 0.211. The van der Waals surface area contributed by atoms with Gasteiger partial charge >= 0.3 is 0 Å². The Morgan fingerprint density at radius 1 is 1.60 bits per heavy atom. The summed E-state index contributed by atoms with van der Waals surface area (Å²) in [6.07, 6.45) is 1.62. The van der Waals surface area contributed by atoms with Crippen molar-refractivity contribution < 1.29 is 4.74 Å². The third-order valence-electron chi connectivity index (χ3n) is 1.09. The lowest BCUT2D eigenvalue weighted by atomic mass is 10.4. The van der Waals surface area contributed by atoms with Gasteiger partial charge in [-0.25, -0.2) is 4.98 Å². The molecule has 0 fully saturated rings. The summed E-state index contributed by atoms with van der Waals surface area (Å²) in [7, 11) is 1.55. The Hall–Kier alpha value is -0.830. The molecule has 0 aliphatic heterocycles. The van der Waals surface area contributed by atoms with Gasteiger partial charge in [0.1, 0.15) is 0 Å². The van der Waals surface area contributed by atoms with E-state index >= 15 is 0 Å². The Morgan fingerprint density at radius 3 is 2.80 bits per heavy atom. The predicted octanol–water partition coefficient (Wildman–Crippen LogP) is 1.45. The summed E-state index contributed by atoms with van der Waals surface area (Å²) in [5, 5.41) is 0.211. The molecule has 0 saturated heterocycles. The largest absolute Gasteiger partial charge is 0.481 e. The van der Waals surface area contributed by atoms with Gasteiger partial charge in [-0.05, 0) is 18.5 Å². The Labute approximate surface area is 64.0 Å². The molecule has 0 unspecified atom stereocenters. The lowest BCUT2D eigenvalue weighted by Crippen LogP contribution is -1.92. The zero-order valence-electron chi connectivity index (χ0n) is 5.76. The molecule has 1 rings (SSSR count). The van der Waals surface area contributed by atoms with Gasteiger partial charge < -0.3 is 4.74 Å². The fourth-order valence-electron chi connectivity index (χ4n) is 0.613. The second kappa shape index (κ2) is 2.84. The smallest absolute Gasteiger partial charge is 0.225 e. The van der Waals surface area contributed by atoms with Crippen LogP contribution in [0, 0.1) is 6.92 Å². The molecule has 0 radical (unpaired) electrons. The van der Waals surface area contributed by atoms with E-state index in [1.165, 1.54) is 0 Å². The molecular formula is C6H7ClN2O. The van der Waals surface area contributed by atoms with Crippen molar-refractivity contribution in [1.29, 1.82) is 0 Å². The van der Waals surface area contributed by atoms with Crippen LogP contribution < -0.4 is 4.74 Å². The van der Waals surface area contributed by atoms with E-state index < -0.39 is 0 Å². The Kier molecular flexibility index (Phi) is 2.06. The van der Waals surface area contributed by atoms with Crippen molar-refractivity contribution in [1.82, 2.24) is 9.97 Å². The first-order valence-electron chi connectivity index (χ1n) is 2.77. The Morgan fingerprint density at radius 2 is 2.30 bits per heavy atom. The molecule has 0 amide bonds. The molecule has 0 aromatic carbocycles. The van der Waals surface area contributed by atoms with Crippen molar-refractivity contribution >= 4 is 11.6 Å². The van der Waals surface area contributed by atoms with Crippen molar-refractivity contribution in [3.05, 3.63) is 17.0 Å². The van der Waals surface area contributed by atoms with Crippen LogP contribution in [-0.4, -0.2) is 17.1 Å². The molecule has 0 aliphatic rings. The van der Waals surface area contributed by atoms with E-state index in [0.29, 0.717) is 5.88 Å². The van der Waals surface area contributed by atoms with Crippen LogP contribution in [0.4, 0.5) is 0 Å². The van der Waals surface area contributed by atoms with E-state index in [0.717, 1.165) is 5.56 Å². The summed E-state index contributed by atoms with van der Waals surface area (Å²) in [5.41, 5.74) is 0.881. The van der Waals surface area contributed by atoms with Gasteiger partial charge in [0.25, 0.3) is 0 Å². The summed E-state index contributed by atoms with van der Waals surface area (Å²) in [6, 6.07) is 0. The molecule has 54 valence electrons. The maximum Gasteiger partial charge on any atom is 0.225 e. The fraction of sp³-hybridized carbons (Fsp3) is 0.333. The highest BCUT2D eigenvalue weighted by molar-refractivity contribution is 6.28. The molecule has 1 heterocycles. The van der Waals surface area contributed by atoms with Gasteiger partial charge in [0.2, 0.25) is 11.2 Å². The van der Waals surface area contributed by atoms with Crippen LogP contribution in [-0.2, 0) is 0 Å². The molecule has 0 spiro atoms. The second-order valence-corrected chi connectivity index (χ2v) is 2.17. The standard InChI is InChI=1S/C6H7ClN2O/c1-4-3-8-6(7)9-5(4)10-2/h3H,1-2H3. The maximum absolute atomic E-state index is 5.49. The average Bonchev–Trinajstić information content (AvgIpc) is 1.94. The number of methoxy groups -OCH3 is 1. The molecule has 0 bridgehead atoms. The van der Waals surface area contributed by atoms with Gasteiger partial charge in [-0.15, -0.1) is 0 Å². The maximum atomic E-state index is 5.49. The minimum Gasteiger partial charge on any atom is -0.481 e. The van der Waals surface area contributed by atoms with Crippen LogP contribution in [0.3, 0.4) is 0 Å². The number of hydrogen-bond donors (Lipinski definition) is 0.